The van der Waals surface area contributed by atoms with Crippen LogP contribution < -0.4 is 16.6 Å². The lowest BCUT2D eigenvalue weighted by Gasteiger charge is -2.34. The van der Waals surface area contributed by atoms with Gasteiger partial charge in [0.2, 0.25) is 5.91 Å². The molecule has 1 fully saturated rings. The van der Waals surface area contributed by atoms with Gasteiger partial charge in [-0.2, -0.15) is 0 Å². The monoisotopic (exact) mass is 384 g/mol. The zero-order chi connectivity index (χ0) is 19.9. The smallest absolute Gasteiger partial charge is 0.331 e. The van der Waals surface area contributed by atoms with E-state index < -0.39 is 11.2 Å². The number of amides is 1. The summed E-state index contributed by atoms with van der Waals surface area (Å²) in [6.07, 6.45) is 4.13. The van der Waals surface area contributed by atoms with Crippen molar-refractivity contribution >= 4 is 5.91 Å². The van der Waals surface area contributed by atoms with E-state index in [9.17, 15) is 14.4 Å². The van der Waals surface area contributed by atoms with Gasteiger partial charge in [0.1, 0.15) is 6.54 Å². The summed E-state index contributed by atoms with van der Waals surface area (Å²) in [4.78, 5) is 40.0. The summed E-state index contributed by atoms with van der Waals surface area (Å²) in [5.74, 6) is -0.162. The van der Waals surface area contributed by atoms with Crippen LogP contribution in [0.2, 0.25) is 0 Å². The number of carbonyl (C=O) groups is 1. The van der Waals surface area contributed by atoms with E-state index in [4.69, 9.17) is 0 Å². The highest BCUT2D eigenvalue weighted by Crippen LogP contribution is 2.13. The molecule has 0 atom stereocenters. The van der Waals surface area contributed by atoms with Gasteiger partial charge in [0, 0.05) is 24.8 Å². The van der Waals surface area contributed by atoms with Gasteiger partial charge in [-0.25, -0.2) is 4.79 Å². The zero-order valence-corrected chi connectivity index (χ0v) is 16.3. The number of nitrogens with one attached hydrogen (secondary N) is 1. The molecule has 150 valence electrons. The molecule has 0 aliphatic carbocycles. The number of hydrogen-bond acceptors (Lipinski definition) is 4. The van der Waals surface area contributed by atoms with Gasteiger partial charge in [0.15, 0.2) is 0 Å². The number of rotatable bonds is 7. The number of benzene rings is 1. The predicted molar refractivity (Wildman–Crippen MR) is 108 cm³/mol. The molecule has 1 aliphatic heterocycles. The Balaban J connectivity index is 1.82. The van der Waals surface area contributed by atoms with Crippen molar-refractivity contribution in [2.24, 2.45) is 0 Å². The third-order valence-corrected chi connectivity index (χ3v) is 5.16. The second-order valence-electron chi connectivity index (χ2n) is 7.20. The van der Waals surface area contributed by atoms with Crippen LogP contribution in [0.1, 0.15) is 31.7 Å². The standard InChI is InChI=1S/C21H28N4O3/c1-2-13-24(18-8-11-22-12-9-18)20(27)16-25-19(26)10-14-23(21(25)28)15-17-6-4-3-5-7-17/h3-7,10,14,18,22H,2,8-9,11-13,15-16H2,1H3. The lowest BCUT2D eigenvalue weighted by atomic mass is 10.0. The number of hydrogen-bond donors (Lipinski definition) is 1. The van der Waals surface area contributed by atoms with Gasteiger partial charge in [-0.05, 0) is 37.9 Å². The van der Waals surface area contributed by atoms with Crippen LogP contribution in [0.3, 0.4) is 0 Å². The van der Waals surface area contributed by atoms with Crippen molar-refractivity contribution in [1.29, 1.82) is 0 Å². The first kappa shape index (κ1) is 20.1. The second kappa shape index (κ2) is 9.50. The zero-order valence-electron chi connectivity index (χ0n) is 16.3. The Bertz CT molecular complexity index is 898. The van der Waals surface area contributed by atoms with Gasteiger partial charge in [0.25, 0.3) is 5.56 Å². The maximum absolute atomic E-state index is 13.0. The molecule has 1 saturated heterocycles. The van der Waals surface area contributed by atoms with E-state index >= 15 is 0 Å². The van der Waals surface area contributed by atoms with Crippen LogP contribution in [0.5, 0.6) is 0 Å². The van der Waals surface area contributed by atoms with Crippen LogP contribution >= 0.6 is 0 Å². The molecule has 0 unspecified atom stereocenters. The third kappa shape index (κ3) is 4.78. The van der Waals surface area contributed by atoms with Crippen LogP contribution in [0.15, 0.2) is 52.2 Å². The van der Waals surface area contributed by atoms with E-state index in [2.05, 4.69) is 5.32 Å². The summed E-state index contributed by atoms with van der Waals surface area (Å²) in [6.45, 7) is 4.59. The van der Waals surface area contributed by atoms with Crippen molar-refractivity contribution in [2.45, 2.75) is 45.3 Å². The fourth-order valence-electron chi connectivity index (χ4n) is 3.70. The van der Waals surface area contributed by atoms with Crippen molar-refractivity contribution in [3.05, 3.63) is 69.0 Å². The van der Waals surface area contributed by atoms with Gasteiger partial charge < -0.3 is 10.2 Å². The molecule has 0 saturated carbocycles. The summed E-state index contributed by atoms with van der Waals surface area (Å²) in [5, 5.41) is 3.30. The summed E-state index contributed by atoms with van der Waals surface area (Å²) in [5.41, 5.74) is 0.0688. The Labute approximate surface area is 164 Å². The molecule has 28 heavy (non-hydrogen) atoms. The fourth-order valence-corrected chi connectivity index (χ4v) is 3.70. The first-order chi connectivity index (χ1) is 13.6. The van der Waals surface area contributed by atoms with Crippen LogP contribution in [0.25, 0.3) is 0 Å². The molecule has 0 radical (unpaired) electrons. The molecule has 7 nitrogen and oxygen atoms in total. The molecular weight excluding hydrogens is 356 g/mol. The first-order valence-electron chi connectivity index (χ1n) is 9.94. The van der Waals surface area contributed by atoms with E-state index in [0.29, 0.717) is 13.1 Å². The summed E-state index contributed by atoms with van der Waals surface area (Å²) >= 11 is 0. The van der Waals surface area contributed by atoms with E-state index in [-0.39, 0.29) is 18.5 Å². The molecule has 0 spiro atoms. The highest BCUT2D eigenvalue weighted by Gasteiger charge is 2.25. The molecule has 1 N–H and O–H groups in total. The van der Waals surface area contributed by atoms with E-state index in [1.165, 1.54) is 16.8 Å². The van der Waals surface area contributed by atoms with Crippen molar-refractivity contribution < 1.29 is 4.79 Å². The highest BCUT2D eigenvalue weighted by atomic mass is 16.2. The lowest BCUT2D eigenvalue weighted by Crippen LogP contribution is -2.50. The topological polar surface area (TPSA) is 76.3 Å². The minimum atomic E-state index is -0.452. The molecule has 1 aliphatic rings. The van der Waals surface area contributed by atoms with Gasteiger partial charge in [-0.15, -0.1) is 0 Å². The molecule has 1 aromatic carbocycles. The largest absolute Gasteiger partial charge is 0.338 e. The Morgan fingerprint density at radius 1 is 1.14 bits per heavy atom. The van der Waals surface area contributed by atoms with E-state index in [1.54, 1.807) is 0 Å². The second-order valence-corrected chi connectivity index (χ2v) is 7.20. The van der Waals surface area contributed by atoms with Crippen molar-refractivity contribution in [3.8, 4) is 0 Å². The SMILES string of the molecule is CCCN(C(=O)Cn1c(=O)ccn(Cc2ccccc2)c1=O)C1CCNCC1. The summed E-state index contributed by atoms with van der Waals surface area (Å²) in [6, 6.07) is 11.1. The Kier molecular flexibility index (Phi) is 6.81. The van der Waals surface area contributed by atoms with Crippen LogP contribution in [-0.2, 0) is 17.9 Å². The van der Waals surface area contributed by atoms with E-state index in [0.717, 1.165) is 42.5 Å². The van der Waals surface area contributed by atoms with Crippen molar-refractivity contribution in [1.82, 2.24) is 19.4 Å². The Hall–Kier alpha value is -2.67. The molecule has 0 bridgehead atoms. The Morgan fingerprint density at radius 3 is 2.54 bits per heavy atom. The molecule has 2 aromatic rings. The van der Waals surface area contributed by atoms with Crippen LogP contribution in [0, 0.1) is 0 Å². The molecule has 1 amide bonds. The van der Waals surface area contributed by atoms with Gasteiger partial charge >= 0.3 is 5.69 Å². The normalized spacial score (nSPS) is 14.8. The summed E-state index contributed by atoms with van der Waals surface area (Å²) in [7, 11) is 0. The molecular formula is C21H28N4O3. The summed E-state index contributed by atoms with van der Waals surface area (Å²) < 4.78 is 2.52. The number of piperidine rings is 1. The number of carbonyl (C=O) groups excluding carboxylic acids is 1. The van der Waals surface area contributed by atoms with Crippen molar-refractivity contribution in [3.63, 3.8) is 0 Å². The minimum Gasteiger partial charge on any atom is -0.338 e. The number of nitrogens with zero attached hydrogens (tertiary/aromatic N) is 3. The van der Waals surface area contributed by atoms with Gasteiger partial charge in [-0.3, -0.25) is 18.7 Å². The van der Waals surface area contributed by atoms with Gasteiger partial charge in [0.05, 0.1) is 6.54 Å². The van der Waals surface area contributed by atoms with Gasteiger partial charge in [-0.1, -0.05) is 37.3 Å². The molecule has 1 aromatic heterocycles. The fraction of sp³-hybridized carbons (Fsp3) is 0.476. The first-order valence-corrected chi connectivity index (χ1v) is 9.94. The average molecular weight is 384 g/mol. The maximum Gasteiger partial charge on any atom is 0.331 e. The quantitative estimate of drug-likeness (QED) is 0.774. The van der Waals surface area contributed by atoms with Crippen LogP contribution in [-0.4, -0.2) is 45.6 Å². The van der Waals surface area contributed by atoms with E-state index in [1.807, 2.05) is 42.2 Å². The maximum atomic E-state index is 13.0. The highest BCUT2D eigenvalue weighted by molar-refractivity contribution is 5.76. The lowest BCUT2D eigenvalue weighted by molar-refractivity contribution is -0.134. The third-order valence-electron chi connectivity index (χ3n) is 5.16. The average Bonchev–Trinajstić information content (AvgIpc) is 2.72. The van der Waals surface area contributed by atoms with Crippen molar-refractivity contribution in [2.75, 3.05) is 19.6 Å². The molecule has 7 heteroatoms. The predicted octanol–water partition coefficient (Wildman–Crippen LogP) is 1.05. The minimum absolute atomic E-state index is 0.162. The number of aromatic nitrogens is 2. The molecule has 3 rings (SSSR count). The van der Waals surface area contributed by atoms with Crippen LogP contribution in [0.4, 0.5) is 0 Å². The Morgan fingerprint density at radius 2 is 1.86 bits per heavy atom. The molecule has 2 heterocycles.